The predicted octanol–water partition coefficient (Wildman–Crippen LogP) is 2.10. The van der Waals surface area contributed by atoms with E-state index in [0.717, 1.165) is 12.3 Å². The minimum Gasteiger partial charge on any atom is -0.355 e. The highest BCUT2D eigenvalue weighted by atomic mass is 127. The molecule has 0 fully saturated rings. The van der Waals surface area contributed by atoms with Crippen LogP contribution in [-0.4, -0.2) is 42.1 Å². The van der Waals surface area contributed by atoms with Crippen molar-refractivity contribution >= 4 is 35.9 Å². The molecule has 0 aromatic carbocycles. The number of guanidine groups is 1. The van der Waals surface area contributed by atoms with Crippen LogP contribution in [0.2, 0.25) is 0 Å². The average Bonchev–Trinajstić information content (AvgIpc) is 2.41. The molecule has 1 aromatic heterocycles. The van der Waals surface area contributed by atoms with Gasteiger partial charge in [0.2, 0.25) is 5.95 Å². The first-order chi connectivity index (χ1) is 9.82. The van der Waals surface area contributed by atoms with Crippen LogP contribution in [0, 0.1) is 0 Å². The molecule has 1 heterocycles. The number of alkyl halides is 3. The van der Waals surface area contributed by atoms with Gasteiger partial charge in [-0.3, -0.25) is 4.99 Å². The molecule has 0 unspecified atom stereocenters. The largest absolute Gasteiger partial charge is 0.433 e. The summed E-state index contributed by atoms with van der Waals surface area (Å²) < 4.78 is 37.4. The van der Waals surface area contributed by atoms with Crippen molar-refractivity contribution in [3.8, 4) is 0 Å². The van der Waals surface area contributed by atoms with E-state index in [4.69, 9.17) is 0 Å². The second-order valence-electron chi connectivity index (χ2n) is 4.49. The maximum absolute atomic E-state index is 12.5. The molecule has 0 atom stereocenters. The summed E-state index contributed by atoms with van der Waals surface area (Å²) in [5, 5.41) is 8.83. The molecule has 0 saturated carbocycles. The Morgan fingerprint density at radius 1 is 1.32 bits per heavy atom. The van der Waals surface area contributed by atoms with Crippen LogP contribution in [0.4, 0.5) is 19.1 Å². The monoisotopic (exact) mass is 432 g/mol. The van der Waals surface area contributed by atoms with Crippen molar-refractivity contribution in [3.63, 3.8) is 0 Å². The summed E-state index contributed by atoms with van der Waals surface area (Å²) in [4.78, 5) is 11.2. The summed E-state index contributed by atoms with van der Waals surface area (Å²) in [6.07, 6.45) is -3.40. The average molecular weight is 432 g/mol. The van der Waals surface area contributed by atoms with Crippen molar-refractivity contribution in [3.05, 3.63) is 18.0 Å². The highest BCUT2D eigenvalue weighted by Crippen LogP contribution is 2.27. The van der Waals surface area contributed by atoms with Gasteiger partial charge in [0.1, 0.15) is 5.69 Å². The van der Waals surface area contributed by atoms with Gasteiger partial charge in [-0.25, -0.2) is 9.97 Å². The Morgan fingerprint density at radius 3 is 2.55 bits per heavy atom. The standard InChI is InChI=1S/C12H19F3N6.HI/c1-8(2)20-10(16-3)18-6-7-19-11-17-5-4-9(21-11)12(13,14)15;/h4-5,8H,6-7H2,1-3H3,(H2,16,18,20)(H,17,19,21);1H. The summed E-state index contributed by atoms with van der Waals surface area (Å²) >= 11 is 0. The molecule has 0 amide bonds. The smallest absolute Gasteiger partial charge is 0.355 e. The van der Waals surface area contributed by atoms with Gasteiger partial charge in [-0.15, -0.1) is 24.0 Å². The van der Waals surface area contributed by atoms with Crippen LogP contribution in [0.25, 0.3) is 0 Å². The number of aromatic nitrogens is 2. The van der Waals surface area contributed by atoms with Crippen LogP contribution in [0.15, 0.2) is 17.3 Å². The van der Waals surface area contributed by atoms with E-state index in [-0.39, 0.29) is 36.0 Å². The van der Waals surface area contributed by atoms with E-state index in [1.54, 1.807) is 7.05 Å². The Hall–Kier alpha value is -1.33. The van der Waals surface area contributed by atoms with Crippen LogP contribution in [-0.2, 0) is 6.18 Å². The first-order valence-corrected chi connectivity index (χ1v) is 6.44. The molecule has 1 aromatic rings. The van der Waals surface area contributed by atoms with Crippen molar-refractivity contribution in [2.45, 2.75) is 26.1 Å². The van der Waals surface area contributed by atoms with Gasteiger partial charge in [0.25, 0.3) is 0 Å². The first kappa shape index (κ1) is 20.7. The van der Waals surface area contributed by atoms with Crippen molar-refractivity contribution in [1.29, 1.82) is 0 Å². The lowest BCUT2D eigenvalue weighted by Crippen LogP contribution is -2.42. The van der Waals surface area contributed by atoms with Gasteiger partial charge in [0, 0.05) is 32.4 Å². The topological polar surface area (TPSA) is 74.2 Å². The van der Waals surface area contributed by atoms with Gasteiger partial charge < -0.3 is 16.0 Å². The predicted molar refractivity (Wildman–Crippen MR) is 90.6 cm³/mol. The molecular weight excluding hydrogens is 412 g/mol. The molecular formula is C12H20F3IN6. The van der Waals surface area contributed by atoms with Gasteiger partial charge in [-0.05, 0) is 19.9 Å². The molecule has 0 aliphatic rings. The Morgan fingerprint density at radius 2 is 2.00 bits per heavy atom. The Bertz CT molecular complexity index is 478. The van der Waals surface area contributed by atoms with E-state index in [1.165, 1.54) is 0 Å². The van der Waals surface area contributed by atoms with Crippen LogP contribution >= 0.6 is 24.0 Å². The highest BCUT2D eigenvalue weighted by molar-refractivity contribution is 14.0. The van der Waals surface area contributed by atoms with Crippen molar-refractivity contribution in [1.82, 2.24) is 20.6 Å². The molecule has 0 aliphatic carbocycles. The summed E-state index contributed by atoms with van der Waals surface area (Å²) in [5.74, 6) is 0.565. The first-order valence-electron chi connectivity index (χ1n) is 6.44. The zero-order chi connectivity index (χ0) is 15.9. The van der Waals surface area contributed by atoms with Gasteiger partial charge in [0.15, 0.2) is 5.96 Å². The minimum atomic E-state index is -4.47. The number of hydrogen-bond acceptors (Lipinski definition) is 4. The Labute approximate surface area is 144 Å². The molecule has 6 nitrogen and oxygen atoms in total. The van der Waals surface area contributed by atoms with Crippen LogP contribution in [0.3, 0.4) is 0 Å². The van der Waals surface area contributed by atoms with Gasteiger partial charge >= 0.3 is 6.18 Å². The van der Waals surface area contributed by atoms with Crippen molar-refractivity contribution in [2.24, 2.45) is 4.99 Å². The number of nitrogens with one attached hydrogen (secondary N) is 3. The highest BCUT2D eigenvalue weighted by Gasteiger charge is 2.32. The molecule has 0 spiro atoms. The number of anilines is 1. The second-order valence-corrected chi connectivity index (χ2v) is 4.49. The normalized spacial score (nSPS) is 11.9. The quantitative estimate of drug-likeness (QED) is 0.288. The number of halogens is 4. The SMILES string of the molecule is CN=C(NCCNc1nccc(C(F)(F)F)n1)NC(C)C.I. The number of nitrogens with zero attached hydrogens (tertiary/aromatic N) is 3. The third kappa shape index (κ3) is 7.61. The Balaban J connectivity index is 0.00000441. The zero-order valence-corrected chi connectivity index (χ0v) is 14.9. The fourth-order valence-corrected chi connectivity index (χ4v) is 1.43. The summed E-state index contributed by atoms with van der Waals surface area (Å²) in [6, 6.07) is 1.06. The lowest BCUT2D eigenvalue weighted by Gasteiger charge is -2.14. The van der Waals surface area contributed by atoms with Crippen LogP contribution in [0.1, 0.15) is 19.5 Å². The number of aliphatic imine (C=N–C) groups is 1. The van der Waals surface area contributed by atoms with Gasteiger partial charge in [-0.1, -0.05) is 0 Å². The van der Waals surface area contributed by atoms with E-state index < -0.39 is 11.9 Å². The molecule has 0 radical (unpaired) electrons. The minimum absolute atomic E-state index is 0. The lowest BCUT2D eigenvalue weighted by molar-refractivity contribution is -0.141. The maximum Gasteiger partial charge on any atom is 0.433 e. The molecule has 1 rings (SSSR count). The van der Waals surface area contributed by atoms with Crippen LogP contribution < -0.4 is 16.0 Å². The molecule has 0 bridgehead atoms. The fraction of sp³-hybridized carbons (Fsp3) is 0.583. The Kier molecular flexibility index (Phi) is 9.06. The molecule has 126 valence electrons. The number of hydrogen-bond donors (Lipinski definition) is 3. The van der Waals surface area contributed by atoms with Gasteiger partial charge in [0.05, 0.1) is 0 Å². The second kappa shape index (κ2) is 9.64. The zero-order valence-electron chi connectivity index (χ0n) is 12.5. The van der Waals surface area contributed by atoms with Crippen molar-refractivity contribution in [2.75, 3.05) is 25.5 Å². The third-order valence-electron chi connectivity index (χ3n) is 2.30. The van der Waals surface area contributed by atoms with E-state index in [2.05, 4.69) is 30.9 Å². The van der Waals surface area contributed by atoms with E-state index in [9.17, 15) is 13.2 Å². The van der Waals surface area contributed by atoms with Crippen LogP contribution in [0.5, 0.6) is 0 Å². The van der Waals surface area contributed by atoms with E-state index in [0.29, 0.717) is 19.0 Å². The third-order valence-corrected chi connectivity index (χ3v) is 2.30. The molecule has 10 heteroatoms. The molecule has 0 aliphatic heterocycles. The summed E-state index contributed by atoms with van der Waals surface area (Å²) in [7, 11) is 1.64. The molecule has 22 heavy (non-hydrogen) atoms. The fourth-order valence-electron chi connectivity index (χ4n) is 1.43. The van der Waals surface area contributed by atoms with E-state index in [1.807, 2.05) is 13.8 Å². The number of rotatable bonds is 5. The summed E-state index contributed by atoms with van der Waals surface area (Å²) in [6.45, 7) is 4.77. The molecule has 3 N–H and O–H groups in total. The maximum atomic E-state index is 12.5. The molecule has 0 saturated heterocycles. The van der Waals surface area contributed by atoms with E-state index >= 15 is 0 Å². The summed E-state index contributed by atoms with van der Waals surface area (Å²) in [5.41, 5.74) is -0.967. The van der Waals surface area contributed by atoms with Crippen molar-refractivity contribution < 1.29 is 13.2 Å². The van der Waals surface area contributed by atoms with Gasteiger partial charge in [-0.2, -0.15) is 13.2 Å². The lowest BCUT2D eigenvalue weighted by atomic mass is 10.4.